The molecule has 0 radical (unpaired) electrons. The number of H-pyrrole nitrogens is 1. The minimum absolute atomic E-state index is 0.00250. The monoisotopic (exact) mass is 645 g/mol. The number of hydrogen-bond acceptors (Lipinski definition) is 7. The number of aliphatic hydroxyl groups excluding tert-OH is 1. The van der Waals surface area contributed by atoms with Crippen LogP contribution < -0.4 is 0 Å². The Morgan fingerprint density at radius 3 is 2.51 bits per heavy atom. The number of fused-ring (bicyclic) bond motifs is 1. The summed E-state index contributed by atoms with van der Waals surface area (Å²) in [6, 6.07) is 10.8. The molecular weight excluding hydrogens is 598 g/mol. The van der Waals surface area contributed by atoms with Crippen LogP contribution in [0.1, 0.15) is 77.8 Å². The number of phenols is 2. The van der Waals surface area contributed by atoms with Gasteiger partial charge in [0.1, 0.15) is 17.9 Å². The van der Waals surface area contributed by atoms with Crippen molar-refractivity contribution in [1.82, 2.24) is 9.88 Å². The SMILES string of the molecule is CC(CC1CCC(C)(C)C1(C)C)OC(=O)C1CCCN1C(=O)/C(Cc1c[nH]c2ccccc12)=N/C(=O)C(O)Cc1ccc(O)c(O)c1. The molecular formula is C37H47N3O7. The second kappa shape index (κ2) is 13.5. The molecule has 3 aromatic rings. The van der Waals surface area contributed by atoms with E-state index in [2.05, 4.69) is 37.7 Å². The predicted octanol–water partition coefficient (Wildman–Crippen LogP) is 5.47. The Bertz CT molecular complexity index is 1670. The Morgan fingerprint density at radius 2 is 1.81 bits per heavy atom. The highest BCUT2D eigenvalue weighted by Gasteiger charge is 2.49. The van der Waals surface area contributed by atoms with Crippen LogP contribution in [0, 0.1) is 16.7 Å². The van der Waals surface area contributed by atoms with Gasteiger partial charge in [-0.25, -0.2) is 9.79 Å². The van der Waals surface area contributed by atoms with E-state index in [0.29, 0.717) is 30.9 Å². The number of phenolic OH excluding ortho intramolecular Hbond substituents is 2. The number of carbonyl (C=O) groups excluding carboxylic acids is 3. The number of likely N-dealkylation sites (tertiary alicyclic amines) is 1. The van der Waals surface area contributed by atoms with Crippen LogP contribution in [-0.2, 0) is 32.0 Å². The Balaban J connectivity index is 1.34. The second-order valence-corrected chi connectivity index (χ2v) is 14.5. The largest absolute Gasteiger partial charge is 0.504 e. The van der Waals surface area contributed by atoms with Crippen molar-refractivity contribution in [3.05, 3.63) is 59.8 Å². The molecule has 2 heterocycles. The summed E-state index contributed by atoms with van der Waals surface area (Å²) < 4.78 is 5.96. The van der Waals surface area contributed by atoms with Crippen LogP contribution in [0.25, 0.3) is 10.9 Å². The highest BCUT2D eigenvalue weighted by Crippen LogP contribution is 2.57. The quantitative estimate of drug-likeness (QED) is 0.130. The number of carbonyl (C=O) groups is 3. The van der Waals surface area contributed by atoms with Gasteiger partial charge in [-0.15, -0.1) is 0 Å². The lowest BCUT2D eigenvalue weighted by Gasteiger charge is -2.40. The number of amides is 2. The molecule has 4 atom stereocenters. The van der Waals surface area contributed by atoms with Gasteiger partial charge in [0, 0.05) is 36.5 Å². The Kier molecular flexibility index (Phi) is 9.82. The van der Waals surface area contributed by atoms with Gasteiger partial charge in [-0.2, -0.15) is 0 Å². The molecule has 2 amide bonds. The van der Waals surface area contributed by atoms with Crippen LogP contribution in [0.3, 0.4) is 0 Å². The number of para-hydroxylation sites is 1. The third kappa shape index (κ3) is 7.22. The standard InChI is InChI=1S/C37H47N3O7/c1-22(17-25-14-15-36(2,3)37(25,4)5)47-35(46)29-11-8-16-40(29)34(45)28(20-24-21-38-27-10-7-6-9-26(24)27)39-33(44)32(43)19-23-12-13-30(41)31(42)18-23/h6-7,9-10,12-13,18,21-22,25,29,32,38,41-43H,8,11,14-17,19-20H2,1-5H3/b39-28+. The molecule has 1 saturated heterocycles. The molecule has 0 spiro atoms. The van der Waals surface area contributed by atoms with E-state index in [0.717, 1.165) is 35.7 Å². The number of nitrogens with one attached hydrogen (secondary N) is 1. The fourth-order valence-electron chi connectivity index (χ4n) is 7.16. The molecule has 1 aliphatic heterocycles. The molecule has 1 aromatic heterocycles. The maximum absolute atomic E-state index is 14.1. The van der Waals surface area contributed by atoms with Crippen molar-refractivity contribution in [3.8, 4) is 11.5 Å². The topological polar surface area (TPSA) is 153 Å². The van der Waals surface area contributed by atoms with Gasteiger partial charge in [0.05, 0.1) is 6.10 Å². The number of benzene rings is 2. The van der Waals surface area contributed by atoms with Crippen LogP contribution in [-0.4, -0.2) is 73.5 Å². The van der Waals surface area contributed by atoms with E-state index < -0.39 is 29.9 Å². The number of ether oxygens (including phenoxy) is 1. The van der Waals surface area contributed by atoms with Crippen LogP contribution in [0.2, 0.25) is 0 Å². The summed E-state index contributed by atoms with van der Waals surface area (Å²) in [5.74, 6) is -2.21. The lowest BCUT2D eigenvalue weighted by Crippen LogP contribution is -2.46. The van der Waals surface area contributed by atoms with Crippen LogP contribution >= 0.6 is 0 Å². The Morgan fingerprint density at radius 1 is 1.06 bits per heavy atom. The Hall–Kier alpha value is -4.18. The van der Waals surface area contributed by atoms with Crippen LogP contribution in [0.4, 0.5) is 0 Å². The van der Waals surface area contributed by atoms with Gasteiger partial charge < -0.3 is 29.9 Å². The van der Waals surface area contributed by atoms with Gasteiger partial charge in [0.2, 0.25) is 0 Å². The molecule has 4 unspecified atom stereocenters. The van der Waals surface area contributed by atoms with Crippen molar-refractivity contribution in [2.75, 3.05) is 6.54 Å². The number of aromatic amines is 1. The molecule has 2 aromatic carbocycles. The zero-order valence-electron chi connectivity index (χ0n) is 28.0. The maximum Gasteiger partial charge on any atom is 0.329 e. The van der Waals surface area contributed by atoms with Crippen molar-refractivity contribution < 1.29 is 34.4 Å². The first-order chi connectivity index (χ1) is 22.2. The van der Waals surface area contributed by atoms with Gasteiger partial charge in [0.15, 0.2) is 11.5 Å². The van der Waals surface area contributed by atoms with E-state index in [-0.39, 0.29) is 47.0 Å². The highest BCUT2D eigenvalue weighted by molar-refractivity contribution is 6.41. The molecule has 0 bridgehead atoms. The number of hydrogen-bond donors (Lipinski definition) is 4. The van der Waals surface area contributed by atoms with Crippen LogP contribution in [0.5, 0.6) is 11.5 Å². The summed E-state index contributed by atoms with van der Waals surface area (Å²) in [5.41, 5.74) is 2.23. The third-order valence-electron chi connectivity index (χ3n) is 10.9. The average Bonchev–Trinajstić information content (AvgIpc) is 3.72. The molecule has 1 aliphatic carbocycles. The van der Waals surface area contributed by atoms with E-state index in [1.807, 2.05) is 31.2 Å². The van der Waals surface area contributed by atoms with E-state index in [4.69, 9.17) is 4.74 Å². The number of aliphatic imine (C=N–C) groups is 1. The number of aliphatic hydroxyl groups is 1. The zero-order valence-corrected chi connectivity index (χ0v) is 28.0. The third-order valence-corrected chi connectivity index (χ3v) is 10.9. The number of rotatable bonds is 10. The predicted molar refractivity (Wildman–Crippen MR) is 179 cm³/mol. The zero-order chi connectivity index (χ0) is 34.1. The summed E-state index contributed by atoms with van der Waals surface area (Å²) in [5, 5.41) is 31.0. The molecule has 5 rings (SSSR count). The molecule has 47 heavy (non-hydrogen) atoms. The smallest absolute Gasteiger partial charge is 0.329 e. The minimum Gasteiger partial charge on any atom is -0.504 e. The normalized spacial score (nSPS) is 21.9. The fourth-order valence-corrected chi connectivity index (χ4v) is 7.16. The number of aromatic nitrogens is 1. The van der Waals surface area contributed by atoms with E-state index >= 15 is 0 Å². The summed E-state index contributed by atoms with van der Waals surface area (Å²) >= 11 is 0. The van der Waals surface area contributed by atoms with E-state index in [1.165, 1.54) is 23.1 Å². The first-order valence-electron chi connectivity index (χ1n) is 16.5. The maximum atomic E-state index is 14.1. The minimum atomic E-state index is -1.60. The number of nitrogens with zero attached hydrogens (tertiary/aromatic N) is 2. The highest BCUT2D eigenvalue weighted by atomic mass is 16.5. The lowest BCUT2D eigenvalue weighted by molar-refractivity contribution is -0.157. The second-order valence-electron chi connectivity index (χ2n) is 14.5. The average molecular weight is 646 g/mol. The molecule has 10 heteroatoms. The van der Waals surface area contributed by atoms with Crippen molar-refractivity contribution in [2.45, 2.75) is 97.8 Å². The molecule has 10 nitrogen and oxygen atoms in total. The van der Waals surface area contributed by atoms with Gasteiger partial charge in [-0.05, 0) is 85.1 Å². The van der Waals surface area contributed by atoms with Crippen molar-refractivity contribution in [3.63, 3.8) is 0 Å². The van der Waals surface area contributed by atoms with E-state index in [9.17, 15) is 29.7 Å². The van der Waals surface area contributed by atoms with E-state index in [1.54, 1.807) is 6.20 Å². The summed E-state index contributed by atoms with van der Waals surface area (Å²) in [6.45, 7) is 11.4. The van der Waals surface area contributed by atoms with Gasteiger partial charge in [-0.3, -0.25) is 9.59 Å². The molecule has 2 aliphatic rings. The fraction of sp³-hybridized carbons (Fsp3) is 0.514. The Labute approximate surface area is 275 Å². The summed E-state index contributed by atoms with van der Waals surface area (Å²) in [6.07, 6.45) is 3.67. The van der Waals surface area contributed by atoms with Crippen LogP contribution in [0.15, 0.2) is 53.7 Å². The van der Waals surface area contributed by atoms with Crippen molar-refractivity contribution >= 4 is 34.4 Å². The van der Waals surface area contributed by atoms with Gasteiger partial charge in [0.25, 0.3) is 11.8 Å². The molecule has 1 saturated carbocycles. The molecule has 2 fully saturated rings. The summed E-state index contributed by atoms with van der Waals surface area (Å²) in [4.78, 5) is 49.7. The van der Waals surface area contributed by atoms with Crippen molar-refractivity contribution in [2.24, 2.45) is 21.7 Å². The first kappa shape index (κ1) is 34.2. The summed E-state index contributed by atoms with van der Waals surface area (Å²) in [7, 11) is 0. The van der Waals surface area contributed by atoms with Gasteiger partial charge in [-0.1, -0.05) is 52.0 Å². The lowest BCUT2D eigenvalue weighted by atomic mass is 9.66. The first-order valence-corrected chi connectivity index (χ1v) is 16.5. The van der Waals surface area contributed by atoms with Gasteiger partial charge >= 0.3 is 5.97 Å². The van der Waals surface area contributed by atoms with Crippen molar-refractivity contribution in [1.29, 1.82) is 0 Å². The molecule has 4 N–H and O–H groups in total. The number of esters is 1. The number of aromatic hydroxyl groups is 2. The molecule has 252 valence electrons.